The maximum absolute atomic E-state index is 12.5. The van der Waals surface area contributed by atoms with E-state index in [-0.39, 0.29) is 23.9 Å². The molecular weight excluding hydrogens is 460 g/mol. The molecule has 34 heavy (non-hydrogen) atoms. The van der Waals surface area contributed by atoms with E-state index >= 15 is 0 Å². The van der Waals surface area contributed by atoms with E-state index in [1.165, 1.54) is 19.2 Å². The zero-order chi connectivity index (χ0) is 24.2. The maximum Gasteiger partial charge on any atom is 0.363 e. The molecule has 0 spiro atoms. The minimum absolute atomic E-state index is 0.0256. The maximum atomic E-state index is 12.5. The van der Waals surface area contributed by atoms with Crippen LogP contribution in [0.3, 0.4) is 0 Å². The van der Waals surface area contributed by atoms with Gasteiger partial charge in [0.05, 0.1) is 12.0 Å². The average Bonchev–Trinajstić information content (AvgIpc) is 3.18. The Morgan fingerprint density at radius 2 is 1.94 bits per heavy atom. The molecule has 172 valence electrons. The molecule has 1 aliphatic heterocycles. The second-order valence-electron chi connectivity index (χ2n) is 7.39. The molecule has 0 aliphatic carbocycles. The van der Waals surface area contributed by atoms with E-state index in [0.29, 0.717) is 33.2 Å². The second kappa shape index (κ2) is 9.76. The number of aryl methyl sites for hydroxylation is 1. The molecule has 1 aliphatic rings. The molecule has 9 heteroatoms. The Morgan fingerprint density at radius 1 is 1.15 bits per heavy atom. The van der Waals surface area contributed by atoms with Gasteiger partial charge in [-0.1, -0.05) is 35.9 Å². The first-order chi connectivity index (χ1) is 16.4. The summed E-state index contributed by atoms with van der Waals surface area (Å²) in [6, 6.07) is 17.0. The summed E-state index contributed by atoms with van der Waals surface area (Å²) in [6.45, 7) is 1.84. The van der Waals surface area contributed by atoms with Crippen LogP contribution in [-0.2, 0) is 16.1 Å². The van der Waals surface area contributed by atoms with Gasteiger partial charge in [-0.05, 0) is 48.9 Å². The molecule has 0 saturated carbocycles. The van der Waals surface area contributed by atoms with E-state index < -0.39 is 10.9 Å². The first-order valence-electron chi connectivity index (χ1n) is 10.2. The minimum Gasteiger partial charge on any atom is -0.493 e. The van der Waals surface area contributed by atoms with Crippen LogP contribution >= 0.6 is 11.6 Å². The van der Waals surface area contributed by atoms with Crippen LogP contribution in [0.2, 0.25) is 5.02 Å². The van der Waals surface area contributed by atoms with Crippen molar-refractivity contribution in [2.24, 2.45) is 4.99 Å². The van der Waals surface area contributed by atoms with Crippen molar-refractivity contribution in [3.05, 3.63) is 104 Å². The number of rotatable bonds is 7. The number of nitro benzene ring substituents is 1. The van der Waals surface area contributed by atoms with Crippen molar-refractivity contribution >= 4 is 35.2 Å². The zero-order valence-corrected chi connectivity index (χ0v) is 19.0. The first kappa shape index (κ1) is 23.0. The lowest BCUT2D eigenvalue weighted by Crippen LogP contribution is -2.06. The highest BCUT2D eigenvalue weighted by molar-refractivity contribution is 6.30. The van der Waals surface area contributed by atoms with Gasteiger partial charge in [0.2, 0.25) is 5.90 Å². The Hall–Kier alpha value is -4.17. The van der Waals surface area contributed by atoms with Gasteiger partial charge >= 0.3 is 5.97 Å². The highest BCUT2D eigenvalue weighted by Crippen LogP contribution is 2.34. The number of hydrogen-bond donors (Lipinski definition) is 0. The summed E-state index contributed by atoms with van der Waals surface area (Å²) in [6.07, 6.45) is 1.55. The number of halogens is 1. The molecular formula is C25H19ClN2O6. The normalized spacial score (nSPS) is 14.0. The predicted molar refractivity (Wildman–Crippen MR) is 127 cm³/mol. The van der Waals surface area contributed by atoms with Crippen LogP contribution in [0.5, 0.6) is 11.5 Å². The number of methoxy groups -OCH3 is 1. The number of benzene rings is 3. The summed E-state index contributed by atoms with van der Waals surface area (Å²) < 4.78 is 16.8. The molecule has 8 nitrogen and oxygen atoms in total. The van der Waals surface area contributed by atoms with Crippen LogP contribution < -0.4 is 9.47 Å². The van der Waals surface area contributed by atoms with Crippen LogP contribution in [-0.4, -0.2) is 23.9 Å². The Labute approximate surface area is 200 Å². The third-order valence-corrected chi connectivity index (χ3v) is 5.29. The van der Waals surface area contributed by atoms with Crippen molar-refractivity contribution in [2.45, 2.75) is 13.5 Å². The summed E-state index contributed by atoms with van der Waals surface area (Å²) in [5.74, 6) is 0.339. The topological polar surface area (TPSA) is 100 Å². The van der Waals surface area contributed by atoms with Crippen LogP contribution in [0.15, 0.2) is 71.4 Å². The lowest BCUT2D eigenvalue weighted by molar-refractivity contribution is -0.385. The van der Waals surface area contributed by atoms with Crippen LogP contribution in [0.1, 0.15) is 22.3 Å². The summed E-state index contributed by atoms with van der Waals surface area (Å²) in [4.78, 5) is 27.4. The van der Waals surface area contributed by atoms with Gasteiger partial charge in [-0.2, -0.15) is 0 Å². The summed E-state index contributed by atoms with van der Waals surface area (Å²) in [7, 11) is 1.52. The molecule has 0 atom stereocenters. The van der Waals surface area contributed by atoms with E-state index in [1.54, 1.807) is 49.4 Å². The van der Waals surface area contributed by atoms with Crippen molar-refractivity contribution in [1.29, 1.82) is 0 Å². The Morgan fingerprint density at radius 3 is 2.65 bits per heavy atom. The number of nitro groups is 1. The largest absolute Gasteiger partial charge is 0.493 e. The van der Waals surface area contributed by atoms with Gasteiger partial charge in [0, 0.05) is 27.8 Å². The van der Waals surface area contributed by atoms with Gasteiger partial charge in [0.1, 0.15) is 6.61 Å². The van der Waals surface area contributed by atoms with Crippen LogP contribution in [0, 0.1) is 17.0 Å². The van der Waals surface area contributed by atoms with Gasteiger partial charge in [-0.25, -0.2) is 9.79 Å². The van der Waals surface area contributed by atoms with Gasteiger partial charge in [-0.15, -0.1) is 0 Å². The number of hydrogen-bond acceptors (Lipinski definition) is 7. The summed E-state index contributed by atoms with van der Waals surface area (Å²) >= 11 is 6.05. The van der Waals surface area contributed by atoms with Gasteiger partial charge < -0.3 is 14.2 Å². The number of para-hydroxylation sites is 1. The van der Waals surface area contributed by atoms with Gasteiger partial charge in [0.15, 0.2) is 17.2 Å². The monoisotopic (exact) mass is 478 g/mol. The first-order valence-corrected chi connectivity index (χ1v) is 10.6. The lowest BCUT2D eigenvalue weighted by Gasteiger charge is -2.13. The molecule has 0 saturated heterocycles. The molecule has 3 aromatic carbocycles. The predicted octanol–water partition coefficient (Wildman–Crippen LogP) is 5.49. The zero-order valence-electron chi connectivity index (χ0n) is 18.3. The highest BCUT2D eigenvalue weighted by atomic mass is 35.5. The van der Waals surface area contributed by atoms with Gasteiger partial charge in [0.25, 0.3) is 5.69 Å². The van der Waals surface area contributed by atoms with E-state index in [2.05, 4.69) is 4.99 Å². The second-order valence-corrected chi connectivity index (χ2v) is 7.83. The molecule has 0 amide bonds. The van der Waals surface area contributed by atoms with Crippen LogP contribution in [0.4, 0.5) is 5.69 Å². The molecule has 1 heterocycles. The smallest absolute Gasteiger partial charge is 0.363 e. The standard InChI is InChI=1S/C25H19ClN2O6/c1-15-11-18(9-10-21(15)28(30)31)24-27-20(25(29)34-24)13-17-6-4-8-22(32-2)23(17)33-14-16-5-3-7-19(26)12-16/h3-13H,14H2,1-2H3/b20-13-. The molecule has 0 radical (unpaired) electrons. The fourth-order valence-corrected chi connectivity index (χ4v) is 3.63. The molecule has 4 rings (SSSR count). The Balaban J connectivity index is 1.65. The van der Waals surface area contributed by atoms with E-state index in [4.69, 9.17) is 25.8 Å². The van der Waals surface area contributed by atoms with Crippen molar-refractivity contribution < 1.29 is 23.9 Å². The van der Waals surface area contributed by atoms with Crippen molar-refractivity contribution in [3.63, 3.8) is 0 Å². The quantitative estimate of drug-likeness (QED) is 0.193. The molecule has 0 unspecified atom stereocenters. The Kier molecular flexibility index (Phi) is 6.60. The number of carbonyl (C=O) groups excluding carboxylic acids is 1. The lowest BCUT2D eigenvalue weighted by atomic mass is 10.1. The van der Waals surface area contributed by atoms with Crippen molar-refractivity contribution in [3.8, 4) is 11.5 Å². The number of esters is 1. The van der Waals surface area contributed by atoms with Gasteiger partial charge in [-0.3, -0.25) is 10.1 Å². The fourth-order valence-electron chi connectivity index (χ4n) is 3.42. The fraction of sp³-hybridized carbons (Fsp3) is 0.120. The number of cyclic esters (lactones) is 1. The highest BCUT2D eigenvalue weighted by Gasteiger charge is 2.26. The Bertz CT molecular complexity index is 1350. The molecule has 3 aromatic rings. The van der Waals surface area contributed by atoms with E-state index in [0.717, 1.165) is 5.56 Å². The van der Waals surface area contributed by atoms with E-state index in [9.17, 15) is 14.9 Å². The van der Waals surface area contributed by atoms with Crippen molar-refractivity contribution in [1.82, 2.24) is 0 Å². The number of carbonyl (C=O) groups is 1. The SMILES string of the molecule is COc1cccc(/C=C2\N=C(c3ccc([N+](=O)[O-])c(C)c3)OC2=O)c1OCc1cccc(Cl)c1. The van der Waals surface area contributed by atoms with Crippen molar-refractivity contribution in [2.75, 3.05) is 7.11 Å². The third kappa shape index (κ3) is 4.92. The number of aliphatic imine (C=N–C) groups is 1. The summed E-state index contributed by atoms with van der Waals surface area (Å²) in [5, 5.41) is 11.7. The molecule has 0 fully saturated rings. The molecule has 0 bridgehead atoms. The van der Waals surface area contributed by atoms with Crippen LogP contribution in [0.25, 0.3) is 6.08 Å². The molecule has 0 N–H and O–H groups in total. The average molecular weight is 479 g/mol. The third-order valence-electron chi connectivity index (χ3n) is 5.05. The van der Waals surface area contributed by atoms with E-state index in [1.807, 2.05) is 12.1 Å². The number of ether oxygens (including phenoxy) is 3. The number of nitrogens with zero attached hydrogens (tertiary/aromatic N) is 2. The summed E-state index contributed by atoms with van der Waals surface area (Å²) in [5.41, 5.74) is 2.37. The minimum atomic E-state index is -0.644. The molecule has 0 aromatic heterocycles.